The number of hydrogen-bond donors (Lipinski definition) is 2. The maximum absolute atomic E-state index is 6.09. The second-order valence-electron chi connectivity index (χ2n) is 5.41. The van der Waals surface area contributed by atoms with Crippen LogP contribution in [0.15, 0.2) is 33.7 Å². The van der Waals surface area contributed by atoms with Crippen LogP contribution in [-0.4, -0.2) is 30.6 Å². The molecule has 0 aliphatic carbocycles. The summed E-state index contributed by atoms with van der Waals surface area (Å²) in [7, 11) is 1.71. The summed E-state index contributed by atoms with van der Waals surface area (Å²) in [4.78, 5) is 8.50. The van der Waals surface area contributed by atoms with Gasteiger partial charge in [-0.15, -0.1) is 0 Å². The first-order chi connectivity index (χ1) is 11.5. The van der Waals surface area contributed by atoms with E-state index in [2.05, 4.69) is 20.6 Å². The smallest absolute Gasteiger partial charge is 0.214 e. The number of benzene rings is 1. The van der Waals surface area contributed by atoms with Gasteiger partial charge in [-0.25, -0.2) is 4.98 Å². The van der Waals surface area contributed by atoms with Gasteiger partial charge in [-0.1, -0.05) is 23.7 Å². The largest absolute Gasteiger partial charge is 0.487 e. The number of rotatable bonds is 6. The lowest BCUT2D eigenvalue weighted by Crippen LogP contribution is -2.41. The van der Waals surface area contributed by atoms with Gasteiger partial charge in [-0.05, 0) is 32.9 Å². The first-order valence-electron chi connectivity index (χ1n) is 7.78. The van der Waals surface area contributed by atoms with Crippen LogP contribution >= 0.6 is 11.6 Å². The van der Waals surface area contributed by atoms with Crippen molar-refractivity contribution in [2.75, 3.05) is 13.6 Å². The zero-order chi connectivity index (χ0) is 17.5. The van der Waals surface area contributed by atoms with Crippen LogP contribution in [0, 0.1) is 13.8 Å². The van der Waals surface area contributed by atoms with Crippen LogP contribution in [0.2, 0.25) is 5.02 Å². The van der Waals surface area contributed by atoms with Crippen LogP contribution in [0.1, 0.15) is 24.3 Å². The summed E-state index contributed by atoms with van der Waals surface area (Å²) in [6.45, 7) is 6.82. The van der Waals surface area contributed by atoms with Crippen molar-refractivity contribution >= 4 is 17.6 Å². The lowest BCUT2D eigenvalue weighted by Gasteiger charge is -2.18. The predicted molar refractivity (Wildman–Crippen MR) is 95.7 cm³/mol. The number of aliphatic imine (C=N–C) groups is 1. The zero-order valence-electron chi connectivity index (χ0n) is 14.4. The number of guanidine groups is 1. The van der Waals surface area contributed by atoms with Crippen molar-refractivity contribution in [2.24, 2.45) is 4.99 Å². The SMILES string of the molecule is CN=C(NCc1nc(C)c(C)o1)NCC(C)Oc1ccccc1Cl. The van der Waals surface area contributed by atoms with Gasteiger partial charge in [0.2, 0.25) is 5.89 Å². The third-order valence-electron chi connectivity index (χ3n) is 3.43. The average Bonchev–Trinajstić information content (AvgIpc) is 2.88. The van der Waals surface area contributed by atoms with Crippen molar-refractivity contribution in [3.8, 4) is 5.75 Å². The fourth-order valence-corrected chi connectivity index (χ4v) is 2.21. The van der Waals surface area contributed by atoms with E-state index in [0.29, 0.717) is 35.7 Å². The van der Waals surface area contributed by atoms with E-state index in [1.54, 1.807) is 13.1 Å². The Balaban J connectivity index is 1.79. The van der Waals surface area contributed by atoms with Crippen molar-refractivity contribution in [2.45, 2.75) is 33.4 Å². The Morgan fingerprint density at radius 3 is 2.71 bits per heavy atom. The molecule has 2 rings (SSSR count). The summed E-state index contributed by atoms with van der Waals surface area (Å²) in [5.74, 6) is 2.78. The molecule has 1 unspecified atom stereocenters. The van der Waals surface area contributed by atoms with Gasteiger partial charge in [0.15, 0.2) is 5.96 Å². The van der Waals surface area contributed by atoms with E-state index in [1.165, 1.54) is 0 Å². The van der Waals surface area contributed by atoms with Gasteiger partial charge >= 0.3 is 0 Å². The molecule has 0 spiro atoms. The molecular formula is C17H23ClN4O2. The van der Waals surface area contributed by atoms with Crippen LogP contribution in [0.3, 0.4) is 0 Å². The topological polar surface area (TPSA) is 71.7 Å². The molecule has 130 valence electrons. The van der Waals surface area contributed by atoms with E-state index in [1.807, 2.05) is 39.0 Å². The Labute approximate surface area is 147 Å². The summed E-state index contributed by atoms with van der Waals surface area (Å²) in [6, 6.07) is 7.41. The molecule has 0 aliphatic rings. The molecule has 0 fully saturated rings. The lowest BCUT2D eigenvalue weighted by molar-refractivity contribution is 0.224. The molecule has 0 radical (unpaired) electrons. The minimum Gasteiger partial charge on any atom is -0.487 e. The van der Waals surface area contributed by atoms with Crippen molar-refractivity contribution < 1.29 is 9.15 Å². The molecule has 1 atom stereocenters. The minimum absolute atomic E-state index is 0.0744. The van der Waals surface area contributed by atoms with Gasteiger partial charge in [0, 0.05) is 7.05 Å². The number of aryl methyl sites for hydroxylation is 2. The summed E-state index contributed by atoms with van der Waals surface area (Å²) in [5.41, 5.74) is 0.900. The Bertz CT molecular complexity index is 680. The highest BCUT2D eigenvalue weighted by Crippen LogP contribution is 2.23. The Morgan fingerprint density at radius 2 is 2.08 bits per heavy atom. The number of ether oxygens (including phenoxy) is 1. The first kappa shape index (κ1) is 18.1. The second kappa shape index (κ2) is 8.59. The zero-order valence-corrected chi connectivity index (χ0v) is 15.1. The molecule has 1 heterocycles. The quantitative estimate of drug-likeness (QED) is 0.618. The molecule has 0 aliphatic heterocycles. The van der Waals surface area contributed by atoms with Crippen molar-refractivity contribution in [1.29, 1.82) is 0 Å². The van der Waals surface area contributed by atoms with Crippen LogP contribution < -0.4 is 15.4 Å². The molecule has 1 aromatic carbocycles. The normalized spacial score (nSPS) is 12.8. The first-order valence-corrected chi connectivity index (χ1v) is 8.16. The molecule has 0 bridgehead atoms. The number of aromatic nitrogens is 1. The average molecular weight is 351 g/mol. The maximum Gasteiger partial charge on any atom is 0.214 e. The van der Waals surface area contributed by atoms with Crippen molar-refractivity contribution in [3.63, 3.8) is 0 Å². The molecule has 24 heavy (non-hydrogen) atoms. The summed E-state index contributed by atoms with van der Waals surface area (Å²) in [6.07, 6.45) is -0.0744. The van der Waals surface area contributed by atoms with Crippen LogP contribution in [0.4, 0.5) is 0 Å². The molecule has 0 saturated heterocycles. The number of oxazole rings is 1. The summed E-state index contributed by atoms with van der Waals surface area (Å²) < 4.78 is 11.3. The summed E-state index contributed by atoms with van der Waals surface area (Å²) >= 11 is 6.09. The van der Waals surface area contributed by atoms with E-state index < -0.39 is 0 Å². The van der Waals surface area contributed by atoms with Crippen molar-refractivity contribution in [1.82, 2.24) is 15.6 Å². The van der Waals surface area contributed by atoms with E-state index in [4.69, 9.17) is 20.8 Å². The lowest BCUT2D eigenvalue weighted by atomic mass is 10.3. The standard InChI is InChI=1S/C17H23ClN4O2/c1-11(23-15-8-6-5-7-14(15)18)9-20-17(19-4)21-10-16-22-12(2)13(3)24-16/h5-8,11H,9-10H2,1-4H3,(H2,19,20,21). The fraction of sp³-hybridized carbons (Fsp3) is 0.412. The molecule has 2 aromatic rings. The second-order valence-corrected chi connectivity index (χ2v) is 5.82. The molecule has 2 N–H and O–H groups in total. The highest BCUT2D eigenvalue weighted by molar-refractivity contribution is 6.32. The highest BCUT2D eigenvalue weighted by atomic mass is 35.5. The molecule has 0 amide bonds. The van der Waals surface area contributed by atoms with Gasteiger partial charge in [0.1, 0.15) is 17.6 Å². The monoisotopic (exact) mass is 350 g/mol. The summed E-state index contributed by atoms with van der Waals surface area (Å²) in [5, 5.41) is 6.96. The van der Waals surface area contributed by atoms with Crippen LogP contribution in [0.5, 0.6) is 5.75 Å². The van der Waals surface area contributed by atoms with Gasteiger partial charge in [-0.2, -0.15) is 0 Å². The molecule has 0 saturated carbocycles. The van der Waals surface area contributed by atoms with Gasteiger partial charge in [0.05, 0.1) is 23.8 Å². The van der Waals surface area contributed by atoms with E-state index in [0.717, 1.165) is 11.5 Å². The van der Waals surface area contributed by atoms with Gasteiger partial charge in [0.25, 0.3) is 0 Å². The number of nitrogens with one attached hydrogen (secondary N) is 2. The van der Waals surface area contributed by atoms with E-state index in [-0.39, 0.29) is 6.10 Å². The predicted octanol–water partition coefficient (Wildman–Crippen LogP) is 3.08. The Morgan fingerprint density at radius 1 is 1.33 bits per heavy atom. The van der Waals surface area contributed by atoms with E-state index in [9.17, 15) is 0 Å². The molecular weight excluding hydrogens is 328 g/mol. The van der Waals surface area contributed by atoms with Crippen LogP contribution in [-0.2, 0) is 6.54 Å². The molecule has 6 nitrogen and oxygen atoms in total. The third kappa shape index (κ3) is 5.16. The third-order valence-corrected chi connectivity index (χ3v) is 3.74. The van der Waals surface area contributed by atoms with E-state index >= 15 is 0 Å². The molecule has 1 aromatic heterocycles. The Kier molecular flexibility index (Phi) is 6.49. The maximum atomic E-state index is 6.09. The van der Waals surface area contributed by atoms with Gasteiger partial charge in [-0.3, -0.25) is 4.99 Å². The number of halogens is 1. The highest BCUT2D eigenvalue weighted by Gasteiger charge is 2.09. The number of hydrogen-bond acceptors (Lipinski definition) is 4. The fourth-order valence-electron chi connectivity index (χ4n) is 2.03. The number of nitrogens with zero attached hydrogens (tertiary/aromatic N) is 2. The van der Waals surface area contributed by atoms with Crippen molar-refractivity contribution in [3.05, 3.63) is 46.6 Å². The van der Waals surface area contributed by atoms with Gasteiger partial charge < -0.3 is 19.8 Å². The van der Waals surface area contributed by atoms with Crippen LogP contribution in [0.25, 0.3) is 0 Å². The molecule has 7 heteroatoms. The minimum atomic E-state index is -0.0744. The Hall–Kier alpha value is -2.21. The number of para-hydroxylation sites is 1.